The Bertz CT molecular complexity index is 901. The van der Waals surface area contributed by atoms with E-state index in [0.29, 0.717) is 32.1 Å². The number of amidine groups is 1. The summed E-state index contributed by atoms with van der Waals surface area (Å²) in [6, 6.07) is 3.95. The minimum Gasteiger partial charge on any atom is -0.483 e. The third-order valence-corrected chi connectivity index (χ3v) is 5.49. The van der Waals surface area contributed by atoms with E-state index < -0.39 is 5.60 Å². The number of hydrazone groups is 1. The fourth-order valence-corrected chi connectivity index (χ4v) is 3.74. The van der Waals surface area contributed by atoms with E-state index in [2.05, 4.69) is 21.9 Å². The maximum atomic E-state index is 12.1. The first-order valence-electron chi connectivity index (χ1n) is 10.3. The van der Waals surface area contributed by atoms with Crippen LogP contribution in [0.15, 0.2) is 17.2 Å². The molecule has 9 nitrogen and oxygen atoms in total. The molecular weight excluding hydrogens is 386 g/mol. The van der Waals surface area contributed by atoms with Crippen LogP contribution in [0.5, 0.6) is 5.75 Å². The number of hydrogen-bond donors (Lipinski definition) is 2. The van der Waals surface area contributed by atoms with E-state index in [1.165, 1.54) is 0 Å². The lowest BCUT2D eigenvalue weighted by Gasteiger charge is -2.40. The Morgan fingerprint density at radius 2 is 2.10 bits per heavy atom. The summed E-state index contributed by atoms with van der Waals surface area (Å²) < 4.78 is 11.2. The average molecular weight is 415 g/mol. The average Bonchev–Trinajstić information content (AvgIpc) is 2.62. The van der Waals surface area contributed by atoms with Gasteiger partial charge in [0.25, 0.3) is 5.91 Å². The maximum Gasteiger partial charge on any atom is 0.410 e. The molecule has 1 saturated heterocycles. The Labute approximate surface area is 176 Å². The van der Waals surface area contributed by atoms with Crippen molar-refractivity contribution in [3.63, 3.8) is 0 Å². The monoisotopic (exact) mass is 415 g/mol. The number of likely N-dealkylation sites (tertiary alicyclic amines) is 1. The van der Waals surface area contributed by atoms with Crippen LogP contribution in [0.2, 0.25) is 0 Å². The summed E-state index contributed by atoms with van der Waals surface area (Å²) in [7, 11) is 0. The van der Waals surface area contributed by atoms with Crippen molar-refractivity contribution in [3.8, 4) is 5.75 Å². The molecule has 3 aliphatic rings. The van der Waals surface area contributed by atoms with E-state index in [1.807, 2.05) is 45.6 Å². The van der Waals surface area contributed by atoms with Gasteiger partial charge in [0.15, 0.2) is 5.84 Å². The van der Waals surface area contributed by atoms with Gasteiger partial charge >= 0.3 is 6.09 Å². The van der Waals surface area contributed by atoms with E-state index in [0.717, 1.165) is 22.6 Å². The number of amides is 2. The van der Waals surface area contributed by atoms with Crippen LogP contribution in [0.25, 0.3) is 0 Å². The first-order chi connectivity index (χ1) is 14.1. The number of rotatable bonds is 3. The maximum absolute atomic E-state index is 12.1. The largest absolute Gasteiger partial charge is 0.483 e. The molecule has 30 heavy (non-hydrogen) atoms. The van der Waals surface area contributed by atoms with Crippen LogP contribution in [-0.2, 0) is 16.1 Å². The number of fused-ring (bicyclic) bond motifs is 3. The molecule has 1 aromatic rings. The highest BCUT2D eigenvalue weighted by Gasteiger charge is 2.36. The second-order valence-electron chi connectivity index (χ2n) is 9.05. The van der Waals surface area contributed by atoms with Gasteiger partial charge in [-0.2, -0.15) is 5.10 Å². The topological polar surface area (TPSA) is 95.5 Å². The number of carbonyl (C=O) groups excluding carboxylic acids is 2. The normalized spacial score (nSPS) is 21.0. The SMILES string of the molecule is Cc1cc2c(cc1CNC1CN(C(=O)OC(C)(C)C)C1)N1C(=NNC(=O)C1C)CO2. The van der Waals surface area contributed by atoms with Crippen molar-refractivity contribution in [2.45, 2.75) is 58.8 Å². The summed E-state index contributed by atoms with van der Waals surface area (Å²) in [6.07, 6.45) is -0.271. The van der Waals surface area contributed by atoms with E-state index in [4.69, 9.17) is 9.47 Å². The number of carbonyl (C=O) groups is 2. The zero-order chi connectivity index (χ0) is 21.6. The van der Waals surface area contributed by atoms with Gasteiger partial charge in [-0.1, -0.05) is 0 Å². The molecule has 0 radical (unpaired) electrons. The van der Waals surface area contributed by atoms with Crippen molar-refractivity contribution in [3.05, 3.63) is 23.3 Å². The quantitative estimate of drug-likeness (QED) is 0.781. The van der Waals surface area contributed by atoms with Gasteiger partial charge in [0, 0.05) is 25.7 Å². The molecule has 9 heteroatoms. The van der Waals surface area contributed by atoms with Crippen LogP contribution < -0.4 is 20.4 Å². The summed E-state index contributed by atoms with van der Waals surface area (Å²) in [5.74, 6) is 1.32. The van der Waals surface area contributed by atoms with Crippen LogP contribution in [0, 0.1) is 6.92 Å². The van der Waals surface area contributed by atoms with Gasteiger partial charge in [0.1, 0.15) is 24.0 Å². The molecule has 4 rings (SSSR count). The molecule has 0 aliphatic carbocycles. The number of hydrogen-bond acceptors (Lipinski definition) is 7. The van der Waals surface area contributed by atoms with E-state index in [-0.39, 0.29) is 24.1 Å². The Kier molecular flexibility index (Phi) is 5.09. The fourth-order valence-electron chi connectivity index (χ4n) is 3.74. The van der Waals surface area contributed by atoms with Gasteiger partial charge < -0.3 is 24.6 Å². The molecule has 0 aromatic heterocycles. The zero-order valence-electron chi connectivity index (χ0n) is 18.1. The number of anilines is 1. The second kappa shape index (κ2) is 7.46. The predicted molar refractivity (Wildman–Crippen MR) is 113 cm³/mol. The highest BCUT2D eigenvalue weighted by Crippen LogP contribution is 2.37. The Hall–Kier alpha value is -2.81. The molecule has 1 fully saturated rings. The van der Waals surface area contributed by atoms with E-state index in [1.54, 1.807) is 4.90 Å². The smallest absolute Gasteiger partial charge is 0.410 e. The first-order valence-corrected chi connectivity index (χ1v) is 10.3. The predicted octanol–water partition coefficient (Wildman–Crippen LogP) is 1.73. The summed E-state index contributed by atoms with van der Waals surface area (Å²) in [4.78, 5) is 27.8. The molecule has 3 aliphatic heterocycles. The van der Waals surface area contributed by atoms with Crippen molar-refractivity contribution < 1.29 is 19.1 Å². The van der Waals surface area contributed by atoms with Gasteiger partial charge in [-0.25, -0.2) is 10.2 Å². The fraction of sp³-hybridized carbons (Fsp3) is 0.571. The number of nitrogens with zero attached hydrogens (tertiary/aromatic N) is 3. The Morgan fingerprint density at radius 1 is 1.37 bits per heavy atom. The standard InChI is InChI=1S/C21H29N5O4/c1-12-6-17-16(26-13(2)19(27)24-23-18(26)11-29-17)7-14(12)8-22-15-9-25(10-15)20(28)30-21(3,4)5/h6-7,13,15,22H,8-11H2,1-5H3,(H,24,27). The van der Waals surface area contributed by atoms with Gasteiger partial charge in [-0.15, -0.1) is 0 Å². The number of ether oxygens (including phenoxy) is 2. The summed E-state index contributed by atoms with van der Waals surface area (Å²) in [6.45, 7) is 11.7. The van der Waals surface area contributed by atoms with Crippen molar-refractivity contribution in [1.82, 2.24) is 15.6 Å². The molecule has 0 saturated carbocycles. The third kappa shape index (κ3) is 3.94. The molecule has 2 N–H and O–H groups in total. The summed E-state index contributed by atoms with van der Waals surface area (Å²) >= 11 is 0. The Balaban J connectivity index is 1.41. The molecule has 0 spiro atoms. The van der Waals surface area contributed by atoms with Crippen LogP contribution in [0.4, 0.5) is 10.5 Å². The molecular formula is C21H29N5O4. The summed E-state index contributed by atoms with van der Waals surface area (Å²) in [5, 5.41) is 7.64. The Morgan fingerprint density at radius 3 is 2.80 bits per heavy atom. The van der Waals surface area contributed by atoms with E-state index in [9.17, 15) is 9.59 Å². The van der Waals surface area contributed by atoms with Crippen LogP contribution >= 0.6 is 0 Å². The highest BCUT2D eigenvalue weighted by atomic mass is 16.6. The summed E-state index contributed by atoms with van der Waals surface area (Å²) in [5.41, 5.74) is 5.14. The van der Waals surface area contributed by atoms with Gasteiger partial charge in [0.2, 0.25) is 0 Å². The molecule has 162 valence electrons. The van der Waals surface area contributed by atoms with Crippen molar-refractivity contribution >= 4 is 23.5 Å². The van der Waals surface area contributed by atoms with Gasteiger partial charge in [-0.05, 0) is 57.9 Å². The van der Waals surface area contributed by atoms with Crippen molar-refractivity contribution in [1.29, 1.82) is 0 Å². The van der Waals surface area contributed by atoms with E-state index >= 15 is 0 Å². The van der Waals surface area contributed by atoms with Crippen LogP contribution in [0.1, 0.15) is 38.8 Å². The third-order valence-electron chi connectivity index (χ3n) is 5.49. The number of aryl methyl sites for hydroxylation is 1. The van der Waals surface area contributed by atoms with Gasteiger partial charge in [0.05, 0.1) is 5.69 Å². The number of benzene rings is 1. The molecule has 1 atom stereocenters. The van der Waals surface area contributed by atoms with Crippen molar-refractivity contribution in [2.24, 2.45) is 5.10 Å². The molecule has 1 unspecified atom stereocenters. The minimum atomic E-state index is -0.484. The zero-order valence-corrected chi connectivity index (χ0v) is 18.1. The van der Waals surface area contributed by atoms with Crippen molar-refractivity contribution in [2.75, 3.05) is 24.6 Å². The lowest BCUT2D eigenvalue weighted by atomic mass is 10.0. The number of nitrogens with one attached hydrogen (secondary N) is 2. The molecule has 1 aromatic carbocycles. The molecule has 3 heterocycles. The minimum absolute atomic E-state index is 0.136. The highest BCUT2D eigenvalue weighted by molar-refractivity contribution is 6.09. The lowest BCUT2D eigenvalue weighted by Crippen LogP contribution is -2.60. The van der Waals surface area contributed by atoms with Crippen LogP contribution in [0.3, 0.4) is 0 Å². The lowest BCUT2D eigenvalue weighted by molar-refractivity contribution is -0.122. The van der Waals surface area contributed by atoms with Crippen LogP contribution in [-0.4, -0.2) is 60.1 Å². The molecule has 0 bridgehead atoms. The second-order valence-corrected chi connectivity index (χ2v) is 9.05. The first kappa shape index (κ1) is 20.5. The van der Waals surface area contributed by atoms with Gasteiger partial charge in [-0.3, -0.25) is 4.79 Å². The molecule has 2 amide bonds.